The SMILES string of the molecule is CC(=O)OCCc1cc(Cl)c(N)c(OCC2CC2)c1. The molecule has 0 amide bonds. The number of anilines is 1. The molecule has 0 atom stereocenters. The molecule has 4 nitrogen and oxygen atoms in total. The van der Waals surface area contributed by atoms with Crippen LogP contribution in [0.25, 0.3) is 0 Å². The molecule has 1 fully saturated rings. The smallest absolute Gasteiger partial charge is 0.302 e. The molecule has 0 spiro atoms. The van der Waals surface area contributed by atoms with E-state index in [2.05, 4.69) is 0 Å². The van der Waals surface area contributed by atoms with E-state index in [-0.39, 0.29) is 5.97 Å². The molecule has 0 radical (unpaired) electrons. The number of hydrogen-bond donors (Lipinski definition) is 1. The van der Waals surface area contributed by atoms with Gasteiger partial charge in [0.2, 0.25) is 0 Å². The van der Waals surface area contributed by atoms with Crippen LogP contribution < -0.4 is 10.5 Å². The summed E-state index contributed by atoms with van der Waals surface area (Å²) in [5.41, 5.74) is 7.31. The monoisotopic (exact) mass is 283 g/mol. The van der Waals surface area contributed by atoms with Gasteiger partial charge < -0.3 is 15.2 Å². The van der Waals surface area contributed by atoms with Crippen molar-refractivity contribution in [1.29, 1.82) is 0 Å². The number of carbonyl (C=O) groups is 1. The summed E-state index contributed by atoms with van der Waals surface area (Å²) in [5, 5.41) is 0.478. The van der Waals surface area contributed by atoms with Gasteiger partial charge in [-0.2, -0.15) is 0 Å². The molecular weight excluding hydrogens is 266 g/mol. The molecule has 1 aromatic carbocycles. The molecule has 1 aromatic rings. The van der Waals surface area contributed by atoms with E-state index in [9.17, 15) is 4.79 Å². The van der Waals surface area contributed by atoms with Gasteiger partial charge in [-0.1, -0.05) is 11.6 Å². The lowest BCUT2D eigenvalue weighted by molar-refractivity contribution is -0.140. The maximum Gasteiger partial charge on any atom is 0.302 e. The fourth-order valence-corrected chi connectivity index (χ4v) is 1.95. The van der Waals surface area contributed by atoms with Gasteiger partial charge in [0.15, 0.2) is 0 Å². The van der Waals surface area contributed by atoms with E-state index in [1.54, 1.807) is 6.07 Å². The molecule has 2 N–H and O–H groups in total. The van der Waals surface area contributed by atoms with Crippen LogP contribution in [0.15, 0.2) is 12.1 Å². The Hall–Kier alpha value is -1.42. The summed E-state index contributed by atoms with van der Waals surface area (Å²) in [6, 6.07) is 3.65. The first-order valence-electron chi connectivity index (χ1n) is 6.40. The highest BCUT2D eigenvalue weighted by Crippen LogP contribution is 2.34. The molecule has 104 valence electrons. The largest absolute Gasteiger partial charge is 0.491 e. The van der Waals surface area contributed by atoms with Crippen LogP contribution >= 0.6 is 11.6 Å². The number of nitrogen functional groups attached to an aromatic ring is 1. The van der Waals surface area contributed by atoms with Gasteiger partial charge in [0.1, 0.15) is 5.75 Å². The summed E-state index contributed by atoms with van der Waals surface area (Å²) in [7, 11) is 0. The number of benzene rings is 1. The van der Waals surface area contributed by atoms with Crippen LogP contribution in [0, 0.1) is 5.92 Å². The van der Waals surface area contributed by atoms with E-state index in [1.807, 2.05) is 6.07 Å². The predicted molar refractivity (Wildman–Crippen MR) is 74.4 cm³/mol. The van der Waals surface area contributed by atoms with Crippen molar-refractivity contribution in [3.63, 3.8) is 0 Å². The van der Waals surface area contributed by atoms with Crippen molar-refractivity contribution in [3.8, 4) is 5.75 Å². The Kier molecular flexibility index (Phi) is 4.53. The van der Waals surface area contributed by atoms with Crippen molar-refractivity contribution in [2.24, 2.45) is 5.92 Å². The molecule has 19 heavy (non-hydrogen) atoms. The number of carbonyl (C=O) groups excluding carboxylic acids is 1. The highest BCUT2D eigenvalue weighted by Gasteiger charge is 2.22. The lowest BCUT2D eigenvalue weighted by atomic mass is 10.1. The van der Waals surface area contributed by atoms with Crippen molar-refractivity contribution in [3.05, 3.63) is 22.7 Å². The van der Waals surface area contributed by atoms with E-state index in [0.717, 1.165) is 5.56 Å². The second kappa shape index (κ2) is 6.15. The third-order valence-electron chi connectivity index (χ3n) is 3.02. The lowest BCUT2D eigenvalue weighted by Crippen LogP contribution is -2.06. The zero-order valence-electron chi connectivity index (χ0n) is 10.9. The molecule has 0 aliphatic heterocycles. The minimum Gasteiger partial charge on any atom is -0.491 e. The molecule has 1 saturated carbocycles. The summed E-state index contributed by atoms with van der Waals surface area (Å²) in [6.07, 6.45) is 3.04. The first-order valence-corrected chi connectivity index (χ1v) is 6.78. The van der Waals surface area contributed by atoms with Gasteiger partial charge in [0.25, 0.3) is 0 Å². The zero-order chi connectivity index (χ0) is 13.8. The Morgan fingerprint density at radius 2 is 2.21 bits per heavy atom. The second-order valence-electron chi connectivity index (χ2n) is 4.83. The standard InChI is InChI=1S/C14H18ClNO3/c1-9(17)18-5-4-11-6-12(15)14(16)13(7-11)19-8-10-2-3-10/h6-7,10H,2-5,8,16H2,1H3. The van der Waals surface area contributed by atoms with Gasteiger partial charge in [0, 0.05) is 13.3 Å². The fourth-order valence-electron chi connectivity index (χ4n) is 1.71. The average Bonchev–Trinajstić information content (AvgIpc) is 3.15. The third kappa shape index (κ3) is 4.31. The first kappa shape index (κ1) is 14.0. The molecular formula is C14H18ClNO3. The van der Waals surface area contributed by atoms with Crippen LogP contribution in [0.3, 0.4) is 0 Å². The summed E-state index contributed by atoms with van der Waals surface area (Å²) in [6.45, 7) is 2.41. The highest BCUT2D eigenvalue weighted by molar-refractivity contribution is 6.33. The lowest BCUT2D eigenvalue weighted by Gasteiger charge is -2.12. The van der Waals surface area contributed by atoms with Crippen molar-refractivity contribution in [2.45, 2.75) is 26.2 Å². The molecule has 1 aliphatic rings. The van der Waals surface area contributed by atoms with Crippen LogP contribution in [0.2, 0.25) is 5.02 Å². The van der Waals surface area contributed by atoms with Crippen LogP contribution in [0.4, 0.5) is 5.69 Å². The number of rotatable bonds is 6. The molecule has 0 aromatic heterocycles. The Balaban J connectivity index is 1.99. The Bertz CT molecular complexity index is 472. The minimum atomic E-state index is -0.285. The Morgan fingerprint density at radius 3 is 2.84 bits per heavy atom. The van der Waals surface area contributed by atoms with Crippen LogP contribution in [0.5, 0.6) is 5.75 Å². The predicted octanol–water partition coefficient (Wildman–Crippen LogP) is 2.82. The summed E-state index contributed by atoms with van der Waals surface area (Å²) >= 11 is 6.08. The van der Waals surface area contributed by atoms with E-state index < -0.39 is 0 Å². The first-order chi connectivity index (χ1) is 9.06. The van der Waals surface area contributed by atoms with Gasteiger partial charge in [-0.15, -0.1) is 0 Å². The second-order valence-corrected chi connectivity index (χ2v) is 5.24. The summed E-state index contributed by atoms with van der Waals surface area (Å²) in [4.78, 5) is 10.7. The van der Waals surface area contributed by atoms with E-state index in [4.69, 9.17) is 26.8 Å². The van der Waals surface area contributed by atoms with E-state index in [0.29, 0.717) is 42.0 Å². The van der Waals surface area contributed by atoms with Crippen molar-refractivity contribution in [2.75, 3.05) is 18.9 Å². The number of ether oxygens (including phenoxy) is 2. The quantitative estimate of drug-likeness (QED) is 0.644. The van der Waals surface area contributed by atoms with Gasteiger partial charge in [-0.05, 0) is 36.5 Å². The van der Waals surface area contributed by atoms with Crippen molar-refractivity contribution in [1.82, 2.24) is 0 Å². The molecule has 5 heteroatoms. The highest BCUT2D eigenvalue weighted by atomic mass is 35.5. The Labute approximate surface area is 117 Å². The van der Waals surface area contributed by atoms with Gasteiger partial charge in [-0.3, -0.25) is 4.79 Å². The molecule has 0 saturated heterocycles. The van der Waals surface area contributed by atoms with Gasteiger partial charge in [0.05, 0.1) is 23.9 Å². The minimum absolute atomic E-state index is 0.285. The van der Waals surface area contributed by atoms with Crippen LogP contribution in [-0.4, -0.2) is 19.2 Å². The Morgan fingerprint density at radius 1 is 1.47 bits per heavy atom. The number of esters is 1. The van der Waals surface area contributed by atoms with Gasteiger partial charge >= 0.3 is 5.97 Å². The fraction of sp³-hybridized carbons (Fsp3) is 0.500. The van der Waals surface area contributed by atoms with E-state index >= 15 is 0 Å². The maximum absolute atomic E-state index is 10.7. The number of halogens is 1. The average molecular weight is 284 g/mol. The topological polar surface area (TPSA) is 61.5 Å². The molecule has 1 aliphatic carbocycles. The van der Waals surface area contributed by atoms with E-state index in [1.165, 1.54) is 19.8 Å². The third-order valence-corrected chi connectivity index (χ3v) is 3.33. The normalized spacial score (nSPS) is 14.2. The molecule has 0 bridgehead atoms. The molecule has 0 heterocycles. The van der Waals surface area contributed by atoms with Crippen molar-refractivity contribution < 1.29 is 14.3 Å². The number of nitrogens with two attached hydrogens (primary N) is 1. The zero-order valence-corrected chi connectivity index (χ0v) is 11.7. The molecule has 0 unspecified atom stereocenters. The molecule has 2 rings (SSSR count). The maximum atomic E-state index is 10.7. The summed E-state index contributed by atoms with van der Waals surface area (Å²) < 4.78 is 10.6. The number of hydrogen-bond acceptors (Lipinski definition) is 4. The summed E-state index contributed by atoms with van der Waals surface area (Å²) in [5.74, 6) is 0.992. The van der Waals surface area contributed by atoms with Crippen LogP contribution in [0.1, 0.15) is 25.3 Å². The van der Waals surface area contributed by atoms with Gasteiger partial charge in [-0.25, -0.2) is 0 Å². The van der Waals surface area contributed by atoms with Crippen LogP contribution in [-0.2, 0) is 16.0 Å². The van der Waals surface area contributed by atoms with Crippen molar-refractivity contribution >= 4 is 23.3 Å².